The zero-order valence-corrected chi connectivity index (χ0v) is 13.9. The molecule has 1 N–H and O–H groups in total. The number of benzene rings is 1. The summed E-state index contributed by atoms with van der Waals surface area (Å²) in [5, 5.41) is 13.2. The highest BCUT2D eigenvalue weighted by Gasteiger charge is 2.26. The Bertz CT molecular complexity index is 639. The highest BCUT2D eigenvalue weighted by Crippen LogP contribution is 2.44. The molecule has 21 heavy (non-hydrogen) atoms. The van der Waals surface area contributed by atoms with Crippen molar-refractivity contribution in [1.82, 2.24) is 4.98 Å². The summed E-state index contributed by atoms with van der Waals surface area (Å²) in [6, 6.07) is 6.91. The number of hydrogen-bond acceptors (Lipinski definition) is 5. The number of aromatic nitrogens is 1. The van der Waals surface area contributed by atoms with E-state index in [9.17, 15) is 4.79 Å². The number of rotatable bonds is 3. The minimum absolute atomic E-state index is 0.307. The maximum Gasteiger partial charge on any atom is 0.335 e. The zero-order valence-electron chi connectivity index (χ0n) is 11.5. The molecule has 6 heteroatoms. The summed E-state index contributed by atoms with van der Waals surface area (Å²) in [6.07, 6.45) is 0. The number of carboxylic acids is 1. The molecule has 0 saturated carbocycles. The Balaban J connectivity index is 1.82. The smallest absolute Gasteiger partial charge is 0.335 e. The van der Waals surface area contributed by atoms with E-state index in [1.54, 1.807) is 23.5 Å². The van der Waals surface area contributed by atoms with Crippen molar-refractivity contribution in [3.8, 4) is 11.3 Å². The van der Waals surface area contributed by atoms with E-state index in [1.165, 1.54) is 16.5 Å². The van der Waals surface area contributed by atoms with Crippen LogP contribution in [0.25, 0.3) is 11.3 Å². The van der Waals surface area contributed by atoms with E-state index in [1.807, 2.05) is 35.7 Å². The maximum atomic E-state index is 10.9. The van der Waals surface area contributed by atoms with Crippen LogP contribution in [0.4, 0.5) is 0 Å². The Morgan fingerprint density at radius 2 is 1.95 bits per heavy atom. The van der Waals surface area contributed by atoms with Gasteiger partial charge in [0.15, 0.2) is 0 Å². The molecule has 0 spiro atoms. The minimum atomic E-state index is -0.898. The molecule has 0 aliphatic carbocycles. The third kappa shape index (κ3) is 3.27. The molecule has 3 rings (SSSR count). The van der Waals surface area contributed by atoms with Crippen LogP contribution in [0.2, 0.25) is 0 Å². The predicted molar refractivity (Wildman–Crippen MR) is 91.6 cm³/mol. The standard InChI is InChI=1S/C15H15NO2S3/c1-9-13(20-7-6-19-9)14-16-12(8-21-14)10-2-4-11(5-3-10)15(17)18/h2-5,8-9,13H,6-7H2,1H3,(H,17,18). The van der Waals surface area contributed by atoms with Gasteiger partial charge in [-0.1, -0.05) is 19.1 Å². The highest BCUT2D eigenvalue weighted by atomic mass is 32.2. The molecule has 0 amide bonds. The van der Waals surface area contributed by atoms with Crippen molar-refractivity contribution in [2.24, 2.45) is 0 Å². The van der Waals surface area contributed by atoms with Crippen molar-refractivity contribution in [1.29, 1.82) is 0 Å². The van der Waals surface area contributed by atoms with Crippen LogP contribution in [-0.4, -0.2) is 32.8 Å². The van der Waals surface area contributed by atoms with E-state index < -0.39 is 5.97 Å². The molecule has 110 valence electrons. The van der Waals surface area contributed by atoms with Gasteiger partial charge in [0.05, 0.1) is 16.5 Å². The first-order valence-corrected chi connectivity index (χ1v) is 9.65. The summed E-state index contributed by atoms with van der Waals surface area (Å²) in [5.41, 5.74) is 2.22. The first kappa shape index (κ1) is 14.9. The monoisotopic (exact) mass is 337 g/mol. The zero-order chi connectivity index (χ0) is 14.8. The molecule has 2 unspecified atom stereocenters. The van der Waals surface area contributed by atoms with Crippen molar-refractivity contribution in [3.05, 3.63) is 40.2 Å². The number of aromatic carboxylic acids is 1. The molecule has 3 nitrogen and oxygen atoms in total. The Kier molecular flexibility index (Phi) is 4.57. The molecular weight excluding hydrogens is 322 g/mol. The lowest BCUT2D eigenvalue weighted by atomic mass is 10.1. The fraction of sp³-hybridized carbons (Fsp3) is 0.333. The van der Waals surface area contributed by atoms with Crippen LogP contribution >= 0.6 is 34.9 Å². The normalized spacial score (nSPS) is 22.1. The lowest BCUT2D eigenvalue weighted by molar-refractivity contribution is 0.0697. The largest absolute Gasteiger partial charge is 0.478 e. The van der Waals surface area contributed by atoms with Crippen LogP contribution < -0.4 is 0 Å². The summed E-state index contributed by atoms with van der Waals surface area (Å²) in [7, 11) is 0. The average Bonchev–Trinajstić information content (AvgIpc) is 2.97. The summed E-state index contributed by atoms with van der Waals surface area (Å²) in [4.78, 5) is 15.6. The van der Waals surface area contributed by atoms with Crippen LogP contribution in [0.5, 0.6) is 0 Å². The van der Waals surface area contributed by atoms with Crippen LogP contribution in [0, 0.1) is 0 Å². The van der Waals surface area contributed by atoms with Crippen molar-refractivity contribution in [2.75, 3.05) is 11.5 Å². The van der Waals surface area contributed by atoms with Gasteiger partial charge in [-0.25, -0.2) is 9.78 Å². The number of carboxylic acid groups (broad SMARTS) is 1. The quantitative estimate of drug-likeness (QED) is 0.898. The molecule has 1 aliphatic rings. The number of carbonyl (C=O) groups is 1. The van der Waals surface area contributed by atoms with Gasteiger partial charge in [0.1, 0.15) is 5.01 Å². The third-order valence-corrected chi connectivity index (χ3v) is 7.56. The highest BCUT2D eigenvalue weighted by molar-refractivity contribution is 8.06. The Morgan fingerprint density at radius 3 is 2.62 bits per heavy atom. The minimum Gasteiger partial charge on any atom is -0.478 e. The molecule has 0 bridgehead atoms. The summed E-state index contributed by atoms with van der Waals surface area (Å²) >= 11 is 5.70. The van der Waals surface area contributed by atoms with Gasteiger partial charge in [-0.3, -0.25) is 0 Å². The van der Waals surface area contributed by atoms with Gasteiger partial charge in [-0.05, 0) is 12.1 Å². The molecule has 1 saturated heterocycles. The second kappa shape index (κ2) is 6.42. The molecule has 2 heterocycles. The molecule has 2 aromatic rings. The van der Waals surface area contributed by atoms with E-state index in [0.717, 1.165) is 11.3 Å². The van der Waals surface area contributed by atoms with E-state index >= 15 is 0 Å². The topological polar surface area (TPSA) is 50.2 Å². The van der Waals surface area contributed by atoms with Crippen LogP contribution in [0.15, 0.2) is 29.6 Å². The van der Waals surface area contributed by atoms with Crippen molar-refractivity contribution >= 4 is 40.8 Å². The summed E-state index contributed by atoms with van der Waals surface area (Å²) in [6.45, 7) is 2.27. The molecule has 1 aromatic heterocycles. The Morgan fingerprint density at radius 1 is 1.24 bits per heavy atom. The van der Waals surface area contributed by atoms with Crippen LogP contribution in [0.3, 0.4) is 0 Å². The second-order valence-electron chi connectivity index (χ2n) is 4.82. The van der Waals surface area contributed by atoms with E-state index in [-0.39, 0.29) is 0 Å². The van der Waals surface area contributed by atoms with Gasteiger partial charge in [0.2, 0.25) is 0 Å². The SMILES string of the molecule is CC1SCCSC1c1nc(-c2ccc(C(=O)O)cc2)cs1. The molecular formula is C15H15NO2S3. The van der Waals surface area contributed by atoms with Crippen LogP contribution in [-0.2, 0) is 0 Å². The van der Waals surface area contributed by atoms with Crippen molar-refractivity contribution in [3.63, 3.8) is 0 Å². The lowest BCUT2D eigenvalue weighted by Gasteiger charge is -2.25. The number of thioether (sulfide) groups is 2. The van der Waals surface area contributed by atoms with E-state index in [0.29, 0.717) is 16.1 Å². The van der Waals surface area contributed by atoms with Crippen LogP contribution in [0.1, 0.15) is 27.5 Å². The Labute approximate surface area is 136 Å². The maximum absolute atomic E-state index is 10.9. The van der Waals surface area contributed by atoms with Gasteiger partial charge in [-0.2, -0.15) is 11.8 Å². The van der Waals surface area contributed by atoms with E-state index in [4.69, 9.17) is 10.1 Å². The van der Waals surface area contributed by atoms with Gasteiger partial charge in [0, 0.05) is 27.7 Å². The van der Waals surface area contributed by atoms with Crippen molar-refractivity contribution < 1.29 is 9.90 Å². The summed E-state index contributed by atoms with van der Waals surface area (Å²) in [5.74, 6) is 1.50. The van der Waals surface area contributed by atoms with Crippen molar-refractivity contribution in [2.45, 2.75) is 17.4 Å². The Hall–Kier alpha value is -0.980. The third-order valence-electron chi connectivity index (χ3n) is 3.38. The number of nitrogens with zero attached hydrogens (tertiary/aromatic N) is 1. The average molecular weight is 337 g/mol. The summed E-state index contributed by atoms with van der Waals surface area (Å²) < 4.78 is 0. The number of thiazole rings is 1. The predicted octanol–water partition coefficient (Wildman–Crippen LogP) is 4.42. The van der Waals surface area contributed by atoms with Gasteiger partial charge < -0.3 is 5.11 Å². The molecule has 0 radical (unpaired) electrons. The van der Waals surface area contributed by atoms with Gasteiger partial charge >= 0.3 is 5.97 Å². The first-order valence-electron chi connectivity index (χ1n) is 6.67. The number of hydrogen-bond donors (Lipinski definition) is 1. The lowest BCUT2D eigenvalue weighted by Crippen LogP contribution is -2.15. The molecule has 1 aromatic carbocycles. The fourth-order valence-electron chi connectivity index (χ4n) is 2.24. The second-order valence-corrected chi connectivity index (χ2v) is 8.45. The van der Waals surface area contributed by atoms with Gasteiger partial charge in [-0.15, -0.1) is 23.1 Å². The first-order chi connectivity index (χ1) is 10.1. The molecule has 2 atom stereocenters. The van der Waals surface area contributed by atoms with Gasteiger partial charge in [0.25, 0.3) is 0 Å². The fourth-order valence-corrected chi connectivity index (χ4v) is 6.24. The molecule has 1 fully saturated rings. The molecule has 1 aliphatic heterocycles. The van der Waals surface area contributed by atoms with E-state index in [2.05, 4.69) is 12.3 Å².